The summed E-state index contributed by atoms with van der Waals surface area (Å²) in [6.45, 7) is 14.1. The second kappa shape index (κ2) is 40.1. The number of aliphatic hydroxyl groups is 1. The number of carbonyl (C=O) groups excluding carboxylic acids is 6. The Morgan fingerprint density at radius 1 is 0.500 bits per heavy atom. The summed E-state index contributed by atoms with van der Waals surface area (Å²) in [5.74, 6) is 5.91. The molecular formula is C109H130N26O7. The molecule has 33 heteroatoms. The Bertz CT molecular complexity index is 6420. The molecule has 1 aromatic heterocycles. The molecule has 0 radical (unpaired) electrons. The zero-order valence-corrected chi connectivity index (χ0v) is 81.9. The van der Waals surface area contributed by atoms with E-state index in [1.807, 2.05) is 148 Å². The van der Waals surface area contributed by atoms with Gasteiger partial charge in [0.2, 0.25) is 35.4 Å². The van der Waals surface area contributed by atoms with E-state index >= 15 is 0 Å². The van der Waals surface area contributed by atoms with Gasteiger partial charge in [-0.2, -0.15) is 0 Å². The number of nitrogens with two attached hydrogens (primary N) is 6. The molecule has 16 aliphatic rings. The van der Waals surface area contributed by atoms with Crippen LogP contribution in [0.25, 0.3) is 16.7 Å². The van der Waals surface area contributed by atoms with E-state index in [0.717, 1.165) is 153 Å². The highest BCUT2D eigenvalue weighted by molar-refractivity contribution is 6.15. The second-order valence-electron chi connectivity index (χ2n) is 41.4. The number of nitrogens with one attached hydrogen (secondary N) is 3. The maximum atomic E-state index is 14.0. The lowest BCUT2D eigenvalue weighted by atomic mass is 9.34. The number of anilines is 6. The van der Waals surface area contributed by atoms with Gasteiger partial charge < -0.3 is 79.7 Å². The fraction of sp³-hybridized carbons (Fsp3) is 0.431. The van der Waals surface area contributed by atoms with Gasteiger partial charge in [-0.3, -0.25) is 68.8 Å². The number of likely N-dealkylation sites (tertiary alicyclic amines) is 3. The van der Waals surface area contributed by atoms with Gasteiger partial charge in [-0.05, 0) is 224 Å². The molecule has 5 aromatic carbocycles. The van der Waals surface area contributed by atoms with Gasteiger partial charge in [-0.15, -0.1) is 6.42 Å². The number of pyridine rings is 1. The average Bonchev–Trinajstić information content (AvgIpc) is 0.837. The molecule has 6 amide bonds. The third-order valence-electron chi connectivity index (χ3n) is 32.2. The fourth-order valence-corrected chi connectivity index (χ4v) is 23.6. The standard InChI is InChI=1S/C37H46N10O3.C37H42N8O2.C35H42N8O2/c1-24(2)47-20-28(8-11-31(47)48)33(39)34-29(38)9-10-30(43-34)46-19-15-37(36(46)50)14-18-44(22-37)21-32(49)45-16-12-26(13-17-45)25-4-6-27(7-5-25)35(40)42-23-41-3;1-3-35-20-37(21-35,22-35)32(39)29-18-28(8-9-30(29)38)45-17-13-36(34(45)47)12-16-43(23-36)19-31(46)44-14-10-26(11-15-44)25-4-6-27(7-5-25)33(40)42-24-41-2;1-39-22-40-32(38)26-4-2-24(3-5-26)25-8-12-42(13-9-25)30(44)20-41-14-10-34(21-41)11-15-43(33(34)45)27-6-7-29(36)28(16-27)31(37)35-17-23(18-35)19-35/h4-12,20,23-24,31,39,48H,13-19,21-22,38H2,1-3H3,(H2,40,41,42);1,4-10,18,24,39H,11-17,19-23,38H2,2H3,(H2,40,41,42);2-8,16,22-23,37H,9-15,17-21,36H2,1H3,(H2,38,39,40)/t31?,37-;35?,36-,37?;23?,34-,35?/m000/s1. The lowest BCUT2D eigenvalue weighted by Gasteiger charge is -2.68. The molecule has 4 bridgehead atoms. The van der Waals surface area contributed by atoms with Gasteiger partial charge in [0.05, 0.1) is 47.3 Å². The van der Waals surface area contributed by atoms with Crippen molar-refractivity contribution in [2.75, 3.05) is 171 Å². The summed E-state index contributed by atoms with van der Waals surface area (Å²) in [5, 5.41) is 37.0. The van der Waals surface area contributed by atoms with Crippen molar-refractivity contribution in [1.82, 2.24) is 39.3 Å². The minimum Gasteiger partial charge on any atom is -0.398 e. The highest BCUT2D eigenvalue weighted by Crippen LogP contribution is 2.74. The van der Waals surface area contributed by atoms with Crippen LogP contribution in [0, 0.1) is 67.0 Å². The van der Waals surface area contributed by atoms with Crippen molar-refractivity contribution in [1.29, 1.82) is 16.2 Å². The van der Waals surface area contributed by atoms with E-state index in [2.05, 4.69) is 68.8 Å². The summed E-state index contributed by atoms with van der Waals surface area (Å²) in [6.07, 6.45) is 33.2. The average molecular weight is 1920 g/mol. The number of benzene rings is 5. The van der Waals surface area contributed by atoms with Crippen LogP contribution in [0.2, 0.25) is 0 Å². The lowest BCUT2D eigenvalue weighted by Crippen LogP contribution is -2.64. The number of allylic oxidation sites excluding steroid dienone is 2. The summed E-state index contributed by atoms with van der Waals surface area (Å²) in [6, 6.07) is 38.7. The predicted molar refractivity (Wildman–Crippen MR) is 562 cm³/mol. The number of hydrogen-bond acceptors (Lipinski definition) is 21. The van der Waals surface area contributed by atoms with Crippen LogP contribution >= 0.6 is 0 Å². The molecule has 6 saturated heterocycles. The van der Waals surface area contributed by atoms with Crippen LogP contribution in [0.1, 0.15) is 160 Å². The van der Waals surface area contributed by atoms with Gasteiger partial charge in [0.1, 0.15) is 54.3 Å². The molecule has 10 aliphatic heterocycles. The van der Waals surface area contributed by atoms with Crippen LogP contribution < -0.4 is 49.1 Å². The van der Waals surface area contributed by atoms with E-state index in [1.165, 1.54) is 35.7 Å². The van der Waals surface area contributed by atoms with Crippen molar-refractivity contribution in [3.05, 3.63) is 214 Å². The van der Waals surface area contributed by atoms with Crippen molar-refractivity contribution >= 4 is 140 Å². The third kappa shape index (κ3) is 19.3. The van der Waals surface area contributed by atoms with Crippen molar-refractivity contribution in [2.45, 2.75) is 122 Å². The number of aliphatic imine (C=N–C) groups is 6. The van der Waals surface area contributed by atoms with Crippen LogP contribution in [0.4, 0.5) is 34.3 Å². The molecule has 738 valence electrons. The molecule has 12 fully saturated rings. The van der Waals surface area contributed by atoms with E-state index < -0.39 is 22.5 Å². The number of nitrogens with zero attached hydrogens (tertiary/aromatic N) is 17. The number of amides is 6. The summed E-state index contributed by atoms with van der Waals surface area (Å²) in [5.41, 5.74) is 51.6. The van der Waals surface area contributed by atoms with Gasteiger partial charge in [0, 0.05) is 196 Å². The van der Waals surface area contributed by atoms with Crippen molar-refractivity contribution < 1.29 is 33.9 Å². The second-order valence-corrected chi connectivity index (χ2v) is 41.4. The third-order valence-corrected chi connectivity index (χ3v) is 32.2. The first-order valence-electron chi connectivity index (χ1n) is 49.5. The Labute approximate surface area is 829 Å². The number of amidine groups is 3. The zero-order valence-electron chi connectivity index (χ0n) is 81.9. The van der Waals surface area contributed by atoms with Crippen molar-refractivity contribution in [3.63, 3.8) is 0 Å². The normalized spacial score (nSPS) is 26.5. The quantitative estimate of drug-likeness (QED) is 0.0110. The lowest BCUT2D eigenvalue weighted by molar-refractivity contribution is -0.133. The van der Waals surface area contributed by atoms with Crippen molar-refractivity contribution in [3.8, 4) is 12.3 Å². The Morgan fingerprint density at radius 3 is 1.22 bits per heavy atom. The first kappa shape index (κ1) is 98.0. The summed E-state index contributed by atoms with van der Waals surface area (Å²) in [4.78, 5) is 130. The van der Waals surface area contributed by atoms with E-state index in [9.17, 15) is 33.9 Å². The number of carbonyl (C=O) groups is 6. The predicted octanol–water partition coefficient (Wildman–Crippen LogP) is 9.72. The zero-order chi connectivity index (χ0) is 99.9. The van der Waals surface area contributed by atoms with Gasteiger partial charge >= 0.3 is 0 Å². The smallest absolute Gasteiger partial charge is 0.237 e. The number of hydrogen-bond donors (Lipinski definition) is 10. The molecular weight excluding hydrogens is 1790 g/mol. The number of terminal acetylenes is 1. The largest absolute Gasteiger partial charge is 0.398 e. The Kier molecular flexibility index (Phi) is 27.7. The number of aromatic nitrogens is 1. The number of rotatable bonds is 25. The summed E-state index contributed by atoms with van der Waals surface area (Å²) >= 11 is 0. The van der Waals surface area contributed by atoms with Crippen LogP contribution in [-0.2, 0) is 28.8 Å². The molecule has 3 spiro atoms. The van der Waals surface area contributed by atoms with Crippen LogP contribution in [0.3, 0.4) is 0 Å². The highest BCUT2D eigenvalue weighted by atomic mass is 16.3. The molecule has 22 rings (SSSR count). The van der Waals surface area contributed by atoms with E-state index in [-0.39, 0.29) is 70.0 Å². The summed E-state index contributed by atoms with van der Waals surface area (Å²) in [7, 11) is 4.94. The first-order chi connectivity index (χ1) is 68.3. The van der Waals surface area contributed by atoms with Crippen molar-refractivity contribution in [2.24, 2.45) is 85.6 Å². The monoisotopic (exact) mass is 1920 g/mol. The van der Waals surface area contributed by atoms with Crippen LogP contribution in [0.5, 0.6) is 0 Å². The molecule has 4 atom stereocenters. The van der Waals surface area contributed by atoms with Crippen LogP contribution in [-0.4, -0.2) is 285 Å². The molecule has 142 heavy (non-hydrogen) atoms. The molecule has 33 nitrogen and oxygen atoms in total. The van der Waals surface area contributed by atoms with Gasteiger partial charge in [-0.25, -0.2) is 20.0 Å². The topological polar surface area (TPSA) is 470 Å². The maximum absolute atomic E-state index is 14.0. The summed E-state index contributed by atoms with van der Waals surface area (Å²) < 4.78 is 0. The Morgan fingerprint density at radius 2 is 0.866 bits per heavy atom. The SMILES string of the molecule is C#CC12CC(C(=N)c3cc(N4CC[C@]5(CCN(CC(=O)N6CC=C(c7ccc(C(N)=NC=NC)cc7)CC6)C5)C4=O)ccc3N)(C1)C2.CN=CN=C(N)c1ccc(C2=CCN(C(=O)CN3CC[C@]4(CCN(c5ccc(N)c(C(=N)C67CC(C6)C7)c5)C4=O)C3)CC2)cc1.CN=CN=C(N)c1ccc(C2=CCN(C(=O)CN3CC[C@]4(CCN(c5ccc(N)c(C(=N)C6=CN(C(C)C)C(O)C=C6)n5)C4=O)C3)CC2)cc1. The Balaban J connectivity index is 0.000000141. The maximum Gasteiger partial charge on any atom is 0.237 e. The van der Waals surface area contributed by atoms with Gasteiger partial charge in [0.25, 0.3) is 0 Å². The molecule has 11 heterocycles. The van der Waals surface area contributed by atoms with E-state index in [0.29, 0.717) is 180 Å². The molecule has 6 aliphatic carbocycles. The molecule has 6 aromatic rings. The highest BCUT2D eigenvalue weighted by Gasteiger charge is 2.69. The minimum atomic E-state index is -0.768. The minimum absolute atomic E-state index is 0.00354. The molecule has 6 saturated carbocycles. The molecule has 1 unspecified atom stereocenters. The van der Waals surface area contributed by atoms with E-state index in [4.69, 9.17) is 62.0 Å². The number of nitrogen functional groups attached to an aromatic ring is 3. The van der Waals surface area contributed by atoms with E-state index in [1.54, 1.807) is 61.4 Å². The Hall–Kier alpha value is -14.2. The molecule has 16 N–H and O–H groups in total. The number of aliphatic hydroxyl groups excluding tert-OH is 1. The van der Waals surface area contributed by atoms with Gasteiger partial charge in [-0.1, -0.05) is 103 Å². The fourth-order valence-electron chi connectivity index (χ4n) is 23.6. The first-order valence-corrected chi connectivity index (χ1v) is 49.5. The van der Waals surface area contributed by atoms with Crippen LogP contribution in [0.15, 0.2) is 193 Å². The van der Waals surface area contributed by atoms with Gasteiger partial charge in [0.15, 0.2) is 0 Å².